The van der Waals surface area contributed by atoms with Crippen LogP contribution >= 0.6 is 0 Å². The molecule has 0 saturated carbocycles. The lowest BCUT2D eigenvalue weighted by Crippen LogP contribution is -2.44. The van der Waals surface area contributed by atoms with Crippen molar-refractivity contribution in [1.29, 1.82) is 0 Å². The monoisotopic (exact) mass is 420 g/mol. The summed E-state index contributed by atoms with van der Waals surface area (Å²) < 4.78 is 12.4. The molecule has 0 aliphatic carbocycles. The molecule has 1 atom stereocenters. The molecule has 1 saturated heterocycles. The van der Waals surface area contributed by atoms with Gasteiger partial charge in [-0.1, -0.05) is 18.2 Å². The predicted octanol–water partition coefficient (Wildman–Crippen LogP) is 3.74. The van der Waals surface area contributed by atoms with Crippen molar-refractivity contribution in [2.45, 2.75) is 25.5 Å². The molecule has 3 heterocycles. The van der Waals surface area contributed by atoms with Gasteiger partial charge in [-0.15, -0.1) is 0 Å². The molecule has 0 spiro atoms. The Hall–Kier alpha value is -3.03. The quantitative estimate of drug-likeness (QED) is 0.503. The van der Waals surface area contributed by atoms with Crippen LogP contribution in [0, 0.1) is 12.8 Å². The Labute approximate surface area is 181 Å². The van der Waals surface area contributed by atoms with Gasteiger partial charge in [-0.05, 0) is 68.6 Å². The smallest absolute Gasteiger partial charge is 0.193 e. The molecule has 1 aromatic heterocycles. The van der Waals surface area contributed by atoms with E-state index in [2.05, 4.69) is 26.9 Å². The Bertz CT molecular complexity index is 1070. The van der Waals surface area contributed by atoms with Gasteiger partial charge < -0.3 is 25.2 Å². The number of phenolic OH excluding ortho intramolecular Hbond substituents is 1. The standard InChI is InChI=1S/C24H28N4O3/c1-15-22-20-8-7-19(30-2)13-21(20)24(26-23(22)28-27-15,17-3-5-18(29)6-4-17)31-14-16-9-11-25-12-10-16/h3-8,13,16,25,29H,9-12,14H2,1-2H3,(H2,26,27,28). The topological polar surface area (TPSA) is 91.4 Å². The zero-order valence-electron chi connectivity index (χ0n) is 17.9. The van der Waals surface area contributed by atoms with Gasteiger partial charge in [-0.2, -0.15) is 5.10 Å². The first kappa shape index (κ1) is 19.9. The molecule has 0 radical (unpaired) electrons. The number of methoxy groups -OCH3 is 1. The minimum atomic E-state index is -0.947. The summed E-state index contributed by atoms with van der Waals surface area (Å²) in [6.45, 7) is 4.66. The van der Waals surface area contributed by atoms with Crippen LogP contribution in [0.3, 0.4) is 0 Å². The van der Waals surface area contributed by atoms with Crippen LogP contribution in [0.2, 0.25) is 0 Å². The van der Waals surface area contributed by atoms with Crippen molar-refractivity contribution >= 4 is 5.82 Å². The number of nitrogens with zero attached hydrogens (tertiary/aromatic N) is 1. The first-order valence-corrected chi connectivity index (χ1v) is 10.8. The molecule has 0 bridgehead atoms. The molecule has 31 heavy (non-hydrogen) atoms. The molecule has 2 aliphatic rings. The number of piperidine rings is 1. The van der Waals surface area contributed by atoms with Crippen LogP contribution in [0.15, 0.2) is 42.5 Å². The maximum absolute atomic E-state index is 9.91. The number of hydrogen-bond donors (Lipinski definition) is 4. The summed E-state index contributed by atoms with van der Waals surface area (Å²) in [4.78, 5) is 0. The number of H-pyrrole nitrogens is 1. The highest BCUT2D eigenvalue weighted by Gasteiger charge is 2.44. The Morgan fingerprint density at radius 3 is 2.65 bits per heavy atom. The molecule has 2 aliphatic heterocycles. The molecular weight excluding hydrogens is 392 g/mol. The largest absolute Gasteiger partial charge is 0.508 e. The number of aromatic amines is 1. The molecule has 7 nitrogen and oxygen atoms in total. The highest BCUT2D eigenvalue weighted by Crippen LogP contribution is 2.49. The van der Waals surface area contributed by atoms with Crippen molar-refractivity contribution in [3.8, 4) is 22.6 Å². The maximum atomic E-state index is 9.91. The third kappa shape index (κ3) is 3.43. The van der Waals surface area contributed by atoms with Crippen molar-refractivity contribution in [2.24, 2.45) is 5.92 Å². The SMILES string of the molecule is COc1ccc2c(c1)C(OCC1CCNCC1)(c1ccc(O)cc1)Nc1n[nH]c(C)c1-2. The number of aromatic hydroxyl groups is 1. The van der Waals surface area contributed by atoms with Crippen molar-refractivity contribution in [3.05, 3.63) is 59.3 Å². The lowest BCUT2D eigenvalue weighted by molar-refractivity contribution is -0.0223. The Balaban J connectivity index is 1.66. The van der Waals surface area contributed by atoms with E-state index in [1.54, 1.807) is 19.2 Å². The fourth-order valence-electron chi connectivity index (χ4n) is 4.66. The summed E-state index contributed by atoms with van der Waals surface area (Å²) in [6, 6.07) is 13.3. The van der Waals surface area contributed by atoms with Gasteiger partial charge in [0.15, 0.2) is 11.5 Å². The van der Waals surface area contributed by atoms with Crippen molar-refractivity contribution in [1.82, 2.24) is 15.5 Å². The molecule has 7 heteroatoms. The molecule has 2 aromatic carbocycles. The van der Waals surface area contributed by atoms with Gasteiger partial charge >= 0.3 is 0 Å². The number of benzene rings is 2. The Kier molecular flexibility index (Phi) is 5.08. The number of anilines is 1. The lowest BCUT2D eigenvalue weighted by atomic mass is 9.84. The van der Waals surface area contributed by atoms with E-state index in [0.717, 1.165) is 65.4 Å². The second-order valence-electron chi connectivity index (χ2n) is 8.34. The van der Waals surface area contributed by atoms with Crippen molar-refractivity contribution in [2.75, 3.05) is 32.1 Å². The molecule has 1 fully saturated rings. The van der Waals surface area contributed by atoms with Crippen molar-refractivity contribution in [3.63, 3.8) is 0 Å². The molecule has 0 amide bonds. The second-order valence-corrected chi connectivity index (χ2v) is 8.34. The van der Waals surface area contributed by atoms with Gasteiger partial charge in [0.1, 0.15) is 11.5 Å². The average molecular weight is 421 g/mol. The second kappa shape index (κ2) is 7.90. The van der Waals surface area contributed by atoms with E-state index in [1.165, 1.54) is 0 Å². The molecule has 162 valence electrons. The summed E-state index contributed by atoms with van der Waals surface area (Å²) in [7, 11) is 1.67. The minimum absolute atomic E-state index is 0.218. The van der Waals surface area contributed by atoms with Gasteiger partial charge in [0.05, 0.1) is 13.7 Å². The summed E-state index contributed by atoms with van der Waals surface area (Å²) in [6.07, 6.45) is 2.17. The first-order valence-electron chi connectivity index (χ1n) is 10.8. The number of phenols is 1. The number of ether oxygens (including phenoxy) is 2. The summed E-state index contributed by atoms with van der Waals surface area (Å²) in [5, 5.41) is 24.5. The van der Waals surface area contributed by atoms with Crippen LogP contribution in [0.1, 0.15) is 29.7 Å². The van der Waals surface area contributed by atoms with E-state index >= 15 is 0 Å². The van der Waals surface area contributed by atoms with Crippen LogP contribution < -0.4 is 15.4 Å². The Morgan fingerprint density at radius 1 is 1.13 bits per heavy atom. The normalized spacial score (nSPS) is 20.6. The van der Waals surface area contributed by atoms with E-state index < -0.39 is 5.72 Å². The Morgan fingerprint density at radius 2 is 1.90 bits per heavy atom. The number of nitrogens with one attached hydrogen (secondary N) is 3. The molecule has 5 rings (SSSR count). The van der Waals surface area contributed by atoms with Crippen molar-refractivity contribution < 1.29 is 14.6 Å². The number of rotatable bonds is 5. The molecule has 1 unspecified atom stereocenters. The third-order valence-electron chi connectivity index (χ3n) is 6.39. The van der Waals surface area contributed by atoms with Gasteiger partial charge in [-0.25, -0.2) is 0 Å². The van der Waals surface area contributed by atoms with Crippen LogP contribution in [0.4, 0.5) is 5.82 Å². The van der Waals surface area contributed by atoms with Gasteiger partial charge in [0.25, 0.3) is 0 Å². The number of fused-ring (bicyclic) bond motifs is 3. The zero-order valence-corrected chi connectivity index (χ0v) is 17.9. The van der Waals surface area contributed by atoms with E-state index in [9.17, 15) is 5.11 Å². The van der Waals surface area contributed by atoms with E-state index in [-0.39, 0.29) is 5.75 Å². The highest BCUT2D eigenvalue weighted by atomic mass is 16.5. The third-order valence-corrected chi connectivity index (χ3v) is 6.39. The fourth-order valence-corrected chi connectivity index (χ4v) is 4.66. The minimum Gasteiger partial charge on any atom is -0.508 e. The zero-order chi connectivity index (χ0) is 21.4. The van der Waals surface area contributed by atoms with Crippen LogP contribution in [-0.2, 0) is 10.5 Å². The average Bonchev–Trinajstić information content (AvgIpc) is 3.18. The number of hydrogen-bond acceptors (Lipinski definition) is 6. The summed E-state index contributed by atoms with van der Waals surface area (Å²) in [5.41, 5.74) is 4.02. The number of aromatic nitrogens is 2. The summed E-state index contributed by atoms with van der Waals surface area (Å²) >= 11 is 0. The predicted molar refractivity (Wildman–Crippen MR) is 119 cm³/mol. The van der Waals surface area contributed by atoms with Crippen LogP contribution in [0.5, 0.6) is 11.5 Å². The molecule has 4 N–H and O–H groups in total. The molecule has 3 aromatic rings. The molecular formula is C24H28N4O3. The maximum Gasteiger partial charge on any atom is 0.193 e. The van der Waals surface area contributed by atoms with Gasteiger partial charge in [-0.3, -0.25) is 5.10 Å². The number of aryl methyl sites for hydroxylation is 1. The van der Waals surface area contributed by atoms with E-state index in [4.69, 9.17) is 9.47 Å². The van der Waals surface area contributed by atoms with E-state index in [1.807, 2.05) is 31.2 Å². The fraction of sp³-hybridized carbons (Fsp3) is 0.375. The first-order chi connectivity index (χ1) is 15.1. The van der Waals surface area contributed by atoms with Gasteiger partial charge in [0.2, 0.25) is 0 Å². The van der Waals surface area contributed by atoms with Crippen LogP contribution in [-0.4, -0.2) is 42.1 Å². The van der Waals surface area contributed by atoms with E-state index in [0.29, 0.717) is 12.5 Å². The lowest BCUT2D eigenvalue weighted by Gasteiger charge is -2.41. The summed E-state index contributed by atoms with van der Waals surface area (Å²) in [5.74, 6) is 2.22. The van der Waals surface area contributed by atoms with Gasteiger partial charge in [0, 0.05) is 22.4 Å². The highest BCUT2D eigenvalue weighted by molar-refractivity contribution is 5.85. The van der Waals surface area contributed by atoms with Crippen LogP contribution in [0.25, 0.3) is 11.1 Å².